The average molecular weight is 267 g/mol. The van der Waals surface area contributed by atoms with Gasteiger partial charge in [-0.15, -0.1) is 11.3 Å². The van der Waals surface area contributed by atoms with E-state index in [2.05, 4.69) is 4.98 Å². The Hall–Kier alpha value is -0.950. The van der Waals surface area contributed by atoms with Gasteiger partial charge in [-0.25, -0.2) is 4.98 Å². The van der Waals surface area contributed by atoms with E-state index in [-0.39, 0.29) is 11.3 Å². The number of hydrogen-bond acceptors (Lipinski definition) is 4. The Balaban J connectivity index is 2.81. The summed E-state index contributed by atoms with van der Waals surface area (Å²) in [4.78, 5) is 14.9. The van der Waals surface area contributed by atoms with Crippen LogP contribution in [-0.2, 0) is 10.9 Å². The number of hydrogen-bond donors (Lipinski definition) is 0. The van der Waals surface area contributed by atoms with Crippen LogP contribution >= 0.6 is 11.3 Å². The fourth-order valence-electron chi connectivity index (χ4n) is 1.08. The molecule has 3 nitrogen and oxygen atoms in total. The number of Topliss-reactive ketones (excluding diaryl/α,β-unsaturated/α-hetero) is 1. The fraction of sp³-hybridized carbons (Fsp3) is 0.600. The summed E-state index contributed by atoms with van der Waals surface area (Å²) in [5, 5.41) is -1.00. The lowest BCUT2D eigenvalue weighted by atomic mass is 10.0. The molecule has 0 fully saturated rings. The van der Waals surface area contributed by atoms with Crippen LogP contribution in [0.5, 0.6) is 0 Å². The maximum atomic E-state index is 12.3. The van der Waals surface area contributed by atoms with Crippen molar-refractivity contribution < 1.29 is 22.7 Å². The molecule has 96 valence electrons. The molecular weight excluding hydrogens is 255 g/mol. The third-order valence-electron chi connectivity index (χ3n) is 2.16. The van der Waals surface area contributed by atoms with Crippen molar-refractivity contribution in [1.82, 2.24) is 4.98 Å². The van der Waals surface area contributed by atoms with Crippen LogP contribution in [-0.4, -0.2) is 23.5 Å². The molecule has 0 aliphatic rings. The molecule has 0 radical (unpaired) electrons. The lowest BCUT2D eigenvalue weighted by Crippen LogP contribution is -2.26. The van der Waals surface area contributed by atoms with Gasteiger partial charge in [-0.2, -0.15) is 13.2 Å². The number of carbonyl (C=O) groups is 1. The molecular formula is C10H12F3NO2S. The van der Waals surface area contributed by atoms with Gasteiger partial charge in [0.25, 0.3) is 0 Å². The van der Waals surface area contributed by atoms with E-state index in [0.29, 0.717) is 11.3 Å². The van der Waals surface area contributed by atoms with Crippen molar-refractivity contribution in [2.75, 3.05) is 7.11 Å². The molecule has 0 amide bonds. The SMILES string of the molecule is COC(C)(C)CC(=O)c1cnc(C(F)(F)F)s1. The first kappa shape index (κ1) is 14.1. The second-order valence-corrected chi connectivity index (χ2v) is 5.12. The Labute approximate surface area is 101 Å². The number of nitrogens with zero attached hydrogens (tertiary/aromatic N) is 1. The minimum atomic E-state index is -4.50. The van der Waals surface area contributed by atoms with E-state index < -0.39 is 22.6 Å². The van der Waals surface area contributed by atoms with E-state index in [1.165, 1.54) is 7.11 Å². The lowest BCUT2D eigenvalue weighted by Gasteiger charge is -2.21. The molecule has 0 saturated carbocycles. The van der Waals surface area contributed by atoms with Crippen LogP contribution in [0.25, 0.3) is 0 Å². The highest BCUT2D eigenvalue weighted by atomic mass is 32.1. The van der Waals surface area contributed by atoms with E-state index in [1.54, 1.807) is 13.8 Å². The first-order valence-corrected chi connectivity index (χ1v) is 5.59. The van der Waals surface area contributed by atoms with Crippen LogP contribution in [0.2, 0.25) is 0 Å². The maximum absolute atomic E-state index is 12.3. The minimum Gasteiger partial charge on any atom is -0.378 e. The van der Waals surface area contributed by atoms with Crippen LogP contribution < -0.4 is 0 Å². The van der Waals surface area contributed by atoms with Gasteiger partial charge in [-0.1, -0.05) is 0 Å². The molecule has 1 aromatic rings. The van der Waals surface area contributed by atoms with Gasteiger partial charge >= 0.3 is 6.18 Å². The van der Waals surface area contributed by atoms with Gasteiger partial charge in [-0.05, 0) is 13.8 Å². The maximum Gasteiger partial charge on any atom is 0.443 e. The third kappa shape index (κ3) is 3.78. The highest BCUT2D eigenvalue weighted by Crippen LogP contribution is 2.33. The zero-order chi connectivity index (χ0) is 13.3. The molecule has 1 rings (SSSR count). The molecule has 0 bridgehead atoms. The number of aromatic nitrogens is 1. The Kier molecular flexibility index (Phi) is 3.93. The molecule has 1 aromatic heterocycles. The van der Waals surface area contributed by atoms with E-state index in [1.807, 2.05) is 0 Å². The summed E-state index contributed by atoms with van der Waals surface area (Å²) in [7, 11) is 1.45. The highest BCUT2D eigenvalue weighted by molar-refractivity contribution is 7.13. The summed E-state index contributed by atoms with van der Waals surface area (Å²) >= 11 is 0.358. The number of ketones is 1. The molecule has 7 heteroatoms. The molecule has 0 aromatic carbocycles. The fourth-order valence-corrected chi connectivity index (χ4v) is 1.80. The van der Waals surface area contributed by atoms with Crippen molar-refractivity contribution in [2.45, 2.75) is 32.0 Å². The predicted molar refractivity (Wildman–Crippen MR) is 57.2 cm³/mol. The second-order valence-electron chi connectivity index (χ2n) is 4.09. The highest BCUT2D eigenvalue weighted by Gasteiger charge is 2.35. The number of carbonyl (C=O) groups excluding carboxylic acids is 1. The van der Waals surface area contributed by atoms with Crippen molar-refractivity contribution >= 4 is 17.1 Å². The Morgan fingerprint density at radius 1 is 1.47 bits per heavy atom. The molecule has 1 heterocycles. The van der Waals surface area contributed by atoms with Crippen molar-refractivity contribution in [3.05, 3.63) is 16.1 Å². The van der Waals surface area contributed by atoms with Gasteiger partial charge in [0.15, 0.2) is 10.8 Å². The molecule has 0 spiro atoms. The zero-order valence-corrected chi connectivity index (χ0v) is 10.4. The van der Waals surface area contributed by atoms with Crippen molar-refractivity contribution in [3.63, 3.8) is 0 Å². The van der Waals surface area contributed by atoms with Gasteiger partial charge in [0.2, 0.25) is 0 Å². The van der Waals surface area contributed by atoms with E-state index in [9.17, 15) is 18.0 Å². The van der Waals surface area contributed by atoms with E-state index in [0.717, 1.165) is 6.20 Å². The number of methoxy groups -OCH3 is 1. The molecule has 0 aliphatic heterocycles. The van der Waals surface area contributed by atoms with Crippen LogP contribution in [0.15, 0.2) is 6.20 Å². The van der Waals surface area contributed by atoms with Gasteiger partial charge in [-0.3, -0.25) is 4.79 Å². The van der Waals surface area contributed by atoms with E-state index in [4.69, 9.17) is 4.74 Å². The Bertz CT molecular complexity index is 412. The summed E-state index contributed by atoms with van der Waals surface area (Å²) < 4.78 is 41.9. The quantitative estimate of drug-likeness (QED) is 0.787. The smallest absolute Gasteiger partial charge is 0.378 e. The Morgan fingerprint density at radius 2 is 2.06 bits per heavy atom. The number of rotatable bonds is 4. The zero-order valence-electron chi connectivity index (χ0n) is 9.59. The number of alkyl halides is 3. The number of thiazole rings is 1. The standard InChI is InChI=1S/C10H12F3NO2S/c1-9(2,16-3)4-6(15)7-5-14-8(17-7)10(11,12)13/h5H,4H2,1-3H3. The summed E-state index contributed by atoms with van der Waals surface area (Å²) in [6.07, 6.45) is -3.52. The van der Waals surface area contributed by atoms with Crippen molar-refractivity contribution in [3.8, 4) is 0 Å². The average Bonchev–Trinajstić information content (AvgIpc) is 2.65. The molecule has 0 unspecified atom stereocenters. The Morgan fingerprint density at radius 3 is 2.47 bits per heavy atom. The van der Waals surface area contributed by atoms with E-state index >= 15 is 0 Å². The summed E-state index contributed by atoms with van der Waals surface area (Å²) in [5.41, 5.74) is -0.695. The van der Waals surface area contributed by atoms with Crippen LogP contribution in [0.1, 0.15) is 34.9 Å². The molecule has 0 atom stereocenters. The second kappa shape index (κ2) is 4.73. The predicted octanol–water partition coefficient (Wildman–Crippen LogP) is 3.16. The first-order chi connectivity index (χ1) is 7.65. The van der Waals surface area contributed by atoms with Gasteiger partial charge in [0.1, 0.15) is 0 Å². The summed E-state index contributed by atoms with van der Waals surface area (Å²) in [6, 6.07) is 0. The molecule has 0 N–H and O–H groups in total. The number of ether oxygens (including phenoxy) is 1. The summed E-state index contributed by atoms with van der Waals surface area (Å²) in [5.74, 6) is -0.398. The largest absolute Gasteiger partial charge is 0.443 e. The molecule has 0 aliphatic carbocycles. The molecule has 0 saturated heterocycles. The van der Waals surface area contributed by atoms with Crippen molar-refractivity contribution in [2.24, 2.45) is 0 Å². The third-order valence-corrected chi connectivity index (χ3v) is 3.25. The topological polar surface area (TPSA) is 39.2 Å². The normalized spacial score (nSPS) is 12.8. The van der Waals surface area contributed by atoms with Crippen molar-refractivity contribution in [1.29, 1.82) is 0 Å². The van der Waals surface area contributed by atoms with Crippen LogP contribution in [0, 0.1) is 0 Å². The van der Waals surface area contributed by atoms with Gasteiger partial charge in [0, 0.05) is 19.7 Å². The summed E-state index contributed by atoms with van der Waals surface area (Å²) in [6.45, 7) is 3.38. The number of halogens is 3. The monoisotopic (exact) mass is 267 g/mol. The molecule has 17 heavy (non-hydrogen) atoms. The van der Waals surface area contributed by atoms with Gasteiger partial charge in [0.05, 0.1) is 10.5 Å². The van der Waals surface area contributed by atoms with Gasteiger partial charge < -0.3 is 4.74 Å². The van der Waals surface area contributed by atoms with Crippen LogP contribution in [0.3, 0.4) is 0 Å². The first-order valence-electron chi connectivity index (χ1n) is 4.77. The lowest BCUT2D eigenvalue weighted by molar-refractivity contribution is -0.137. The minimum absolute atomic E-state index is 0.00227. The van der Waals surface area contributed by atoms with Crippen LogP contribution in [0.4, 0.5) is 13.2 Å².